The number of carbonyl (C=O) groups is 2. The number of nitriles is 1. The predicted octanol–water partition coefficient (Wildman–Crippen LogP) is 3.49. The number of hydrogen-bond donors (Lipinski definition) is 1. The molecule has 0 fully saturated rings. The second-order valence-corrected chi connectivity index (χ2v) is 11.7. The molecule has 1 N–H and O–H groups in total. The molecule has 1 amide bonds. The van der Waals surface area contributed by atoms with E-state index in [0.29, 0.717) is 30.6 Å². The normalized spacial score (nSPS) is 16.3. The van der Waals surface area contributed by atoms with Gasteiger partial charge in [0.25, 0.3) is 5.91 Å². The van der Waals surface area contributed by atoms with Crippen molar-refractivity contribution in [2.45, 2.75) is 51.2 Å². The number of sulfonamides is 1. The summed E-state index contributed by atoms with van der Waals surface area (Å²) < 4.78 is 28.3. The fraction of sp³-hybridized carbons (Fsp3) is 0.448. The van der Waals surface area contributed by atoms with E-state index in [9.17, 15) is 23.3 Å². The predicted molar refractivity (Wildman–Crippen MR) is 158 cm³/mol. The zero-order chi connectivity index (χ0) is 29.7. The maximum atomic E-state index is 13.5. The minimum Gasteiger partial charge on any atom is -0.297 e. The Labute approximate surface area is 238 Å². The monoisotopic (exact) mass is 568 g/mol. The summed E-state index contributed by atoms with van der Waals surface area (Å²) in [7, 11) is 1.37. The first-order valence-electron chi connectivity index (χ1n) is 13.4. The number of unbranched alkanes of at least 4 members (excludes halogenated alkanes) is 2. The molecule has 0 radical (unpaired) electrons. The topological polar surface area (TPSA) is 126 Å². The summed E-state index contributed by atoms with van der Waals surface area (Å²) in [5, 5.41) is 16.2. The van der Waals surface area contributed by atoms with Gasteiger partial charge in [0.2, 0.25) is 10.0 Å². The van der Waals surface area contributed by atoms with E-state index in [4.69, 9.17) is 0 Å². The van der Waals surface area contributed by atoms with E-state index in [1.54, 1.807) is 79.0 Å². The Bertz CT molecular complexity index is 1290. The molecule has 0 aliphatic heterocycles. The van der Waals surface area contributed by atoms with Crippen molar-refractivity contribution in [3.8, 4) is 6.07 Å². The first-order valence-corrected chi connectivity index (χ1v) is 14.9. The second-order valence-electron chi connectivity index (χ2n) is 9.58. The molecule has 0 saturated heterocycles. The molecule has 10 nitrogen and oxygen atoms in total. The first-order chi connectivity index (χ1) is 19.1. The highest BCUT2D eigenvalue weighted by molar-refractivity contribution is 7.89. The number of amides is 1. The number of aldehydes is 1. The molecule has 0 saturated carbocycles. The molecule has 1 unspecified atom stereocenters. The van der Waals surface area contributed by atoms with Gasteiger partial charge in [0.1, 0.15) is 11.6 Å². The van der Waals surface area contributed by atoms with E-state index < -0.39 is 21.2 Å². The van der Waals surface area contributed by atoms with Crippen LogP contribution >= 0.6 is 0 Å². The van der Waals surface area contributed by atoms with Crippen LogP contribution in [-0.2, 0) is 19.6 Å². The molecule has 0 aromatic heterocycles. The lowest BCUT2D eigenvalue weighted by molar-refractivity contribution is -0.133. The second kappa shape index (κ2) is 15.9. The summed E-state index contributed by atoms with van der Waals surface area (Å²) in [4.78, 5) is 25.3. The van der Waals surface area contributed by atoms with Crippen LogP contribution in [0.1, 0.15) is 51.5 Å². The molecule has 0 heterocycles. The number of nitrogens with one attached hydrogen (secondary N) is 1. The minimum absolute atomic E-state index is 0.0904. The number of hydrogen-bond acceptors (Lipinski definition) is 8. The van der Waals surface area contributed by atoms with Crippen LogP contribution in [0.4, 0.5) is 0 Å². The lowest BCUT2D eigenvalue weighted by Crippen LogP contribution is -2.43. The van der Waals surface area contributed by atoms with Gasteiger partial charge < -0.3 is 0 Å². The first kappa shape index (κ1) is 32.6. The number of benzene rings is 1. The summed E-state index contributed by atoms with van der Waals surface area (Å²) in [6.07, 6.45) is 9.04. The molecule has 40 heavy (non-hydrogen) atoms. The van der Waals surface area contributed by atoms with Crippen LogP contribution in [0.15, 0.2) is 64.9 Å². The third-order valence-corrected chi connectivity index (χ3v) is 8.73. The fourth-order valence-electron chi connectivity index (χ4n) is 3.96. The van der Waals surface area contributed by atoms with Gasteiger partial charge in [-0.1, -0.05) is 69.2 Å². The fourth-order valence-corrected chi connectivity index (χ4v) is 5.73. The smallest absolute Gasteiger partial charge is 0.288 e. The quantitative estimate of drug-likeness (QED) is 0.113. The molecular formula is C29H40N6O4S. The molecule has 1 atom stereocenters. The van der Waals surface area contributed by atoms with Gasteiger partial charge in [-0.15, -0.1) is 0 Å². The number of allylic oxidation sites excluding steroid dienone is 3. The summed E-state index contributed by atoms with van der Waals surface area (Å²) in [6.45, 7) is 5.07. The van der Waals surface area contributed by atoms with Crippen LogP contribution in [0.25, 0.3) is 5.57 Å². The SMILES string of the molecule is CCCCN(CCCC)S(=O)(=O)C1C=CC(N/N=C(C(=O)N(C)N(C)C)/C(=C(/C#N)C=O)c2ccccc2)=CC1. The molecule has 216 valence electrons. The van der Waals surface area contributed by atoms with Crippen LogP contribution in [0.5, 0.6) is 0 Å². The van der Waals surface area contributed by atoms with E-state index in [1.165, 1.54) is 5.01 Å². The van der Waals surface area contributed by atoms with Crippen molar-refractivity contribution in [2.24, 2.45) is 5.10 Å². The number of carbonyl (C=O) groups excluding carboxylic acids is 2. The van der Waals surface area contributed by atoms with Crippen molar-refractivity contribution in [3.63, 3.8) is 0 Å². The van der Waals surface area contributed by atoms with E-state index >= 15 is 0 Å². The van der Waals surface area contributed by atoms with Crippen molar-refractivity contribution in [2.75, 3.05) is 34.2 Å². The third kappa shape index (κ3) is 8.45. The number of hydrazone groups is 1. The van der Waals surface area contributed by atoms with Crippen molar-refractivity contribution < 1.29 is 18.0 Å². The Hall–Kier alpha value is -3.59. The van der Waals surface area contributed by atoms with Crippen molar-refractivity contribution in [1.29, 1.82) is 5.26 Å². The number of hydrazine groups is 1. The van der Waals surface area contributed by atoms with Gasteiger partial charge >= 0.3 is 0 Å². The number of nitrogens with zero attached hydrogens (tertiary/aromatic N) is 5. The minimum atomic E-state index is -3.54. The highest BCUT2D eigenvalue weighted by Gasteiger charge is 2.31. The van der Waals surface area contributed by atoms with Crippen LogP contribution < -0.4 is 5.43 Å². The molecule has 1 aromatic rings. The average Bonchev–Trinajstić information content (AvgIpc) is 2.96. The molecule has 0 bridgehead atoms. The van der Waals surface area contributed by atoms with Gasteiger partial charge in [-0.2, -0.15) is 10.4 Å². The maximum Gasteiger partial charge on any atom is 0.288 e. The molecule has 11 heteroatoms. The Morgan fingerprint density at radius 2 is 1.75 bits per heavy atom. The summed E-state index contributed by atoms with van der Waals surface area (Å²) in [6, 6.07) is 10.5. The van der Waals surface area contributed by atoms with Gasteiger partial charge in [0, 0.05) is 39.8 Å². The van der Waals surface area contributed by atoms with Crippen LogP contribution in [0.2, 0.25) is 0 Å². The average molecular weight is 569 g/mol. The summed E-state index contributed by atoms with van der Waals surface area (Å²) >= 11 is 0. The third-order valence-electron chi connectivity index (χ3n) is 6.53. The Morgan fingerprint density at radius 3 is 2.23 bits per heavy atom. The van der Waals surface area contributed by atoms with E-state index in [0.717, 1.165) is 25.7 Å². The van der Waals surface area contributed by atoms with E-state index in [2.05, 4.69) is 10.5 Å². The molecule has 1 aliphatic rings. The van der Waals surface area contributed by atoms with E-state index in [1.807, 2.05) is 19.9 Å². The van der Waals surface area contributed by atoms with Crippen molar-refractivity contribution >= 4 is 33.5 Å². The van der Waals surface area contributed by atoms with Gasteiger partial charge in [-0.3, -0.25) is 20.0 Å². The lowest BCUT2D eigenvalue weighted by Gasteiger charge is -2.27. The standard InChI is InChI=1S/C29H40N6O4S/c1-6-8-19-35(20-9-7-2)40(38,39)26-17-15-25(16-18-26)31-32-28(29(37)34(5)33(3)4)27(24(21-30)22-36)23-13-11-10-12-14-23/h10-17,22,26,31H,6-9,18-20H2,1-5H3/b27-24-,32-28-. The highest BCUT2D eigenvalue weighted by Crippen LogP contribution is 2.23. The molecular weight excluding hydrogens is 528 g/mol. The lowest BCUT2D eigenvalue weighted by atomic mass is 9.96. The maximum absolute atomic E-state index is 13.5. The van der Waals surface area contributed by atoms with Crippen LogP contribution in [0.3, 0.4) is 0 Å². The van der Waals surface area contributed by atoms with Gasteiger partial charge in [0.15, 0.2) is 12.0 Å². The zero-order valence-electron chi connectivity index (χ0n) is 24.0. The molecule has 1 aliphatic carbocycles. The van der Waals surface area contributed by atoms with Gasteiger partial charge in [-0.05, 0) is 30.9 Å². The van der Waals surface area contributed by atoms with Crippen molar-refractivity contribution in [1.82, 2.24) is 19.7 Å². The van der Waals surface area contributed by atoms with Crippen LogP contribution in [-0.4, -0.2) is 80.1 Å². The highest BCUT2D eigenvalue weighted by atomic mass is 32.2. The number of rotatable bonds is 15. The molecule has 0 spiro atoms. The van der Waals surface area contributed by atoms with E-state index in [-0.39, 0.29) is 23.3 Å². The Balaban J connectivity index is 2.42. The van der Waals surface area contributed by atoms with Gasteiger partial charge in [-0.25, -0.2) is 17.7 Å². The van der Waals surface area contributed by atoms with Crippen LogP contribution in [0, 0.1) is 11.3 Å². The molecule has 1 aromatic carbocycles. The molecule has 2 rings (SSSR count). The Kier molecular flexibility index (Phi) is 12.9. The van der Waals surface area contributed by atoms with Crippen molar-refractivity contribution in [3.05, 3.63) is 65.4 Å². The zero-order valence-corrected chi connectivity index (χ0v) is 24.8. The summed E-state index contributed by atoms with van der Waals surface area (Å²) in [5.41, 5.74) is 3.53. The Morgan fingerprint density at radius 1 is 1.12 bits per heavy atom. The van der Waals surface area contributed by atoms with Gasteiger partial charge in [0.05, 0.1) is 10.9 Å². The summed E-state index contributed by atoms with van der Waals surface area (Å²) in [5.74, 6) is -0.547. The largest absolute Gasteiger partial charge is 0.297 e.